The Morgan fingerprint density at radius 1 is 1.67 bits per heavy atom. The molecule has 0 fully saturated rings. The van der Waals surface area contributed by atoms with E-state index in [-0.39, 0.29) is 0 Å². The van der Waals surface area contributed by atoms with Gasteiger partial charge in [-0.05, 0) is 13.3 Å². The molecule has 0 bridgehead atoms. The summed E-state index contributed by atoms with van der Waals surface area (Å²) in [6.45, 7) is 2.14. The first-order chi connectivity index (χ1) is 2.81. The Balaban J connectivity index is 2.75. The second-order valence-electron chi connectivity index (χ2n) is 1.13. The molecule has 0 saturated carbocycles. The van der Waals surface area contributed by atoms with Gasteiger partial charge < -0.3 is 0 Å². The third-order valence-corrected chi connectivity index (χ3v) is 1.64. The van der Waals surface area contributed by atoms with E-state index in [9.17, 15) is 0 Å². The molecule has 0 aliphatic rings. The molecule has 0 rings (SSSR count). The Hall–Kier alpha value is 0.375. The van der Waals surface area contributed by atoms with E-state index in [0.29, 0.717) is 0 Å². The second kappa shape index (κ2) is 3.56. The SMILES string of the molecule is CBN(C)SC. The maximum Gasteiger partial charge on any atom is 0.214 e. The molecule has 36 valence electrons. The Kier molecular flexibility index (Phi) is 3.78. The summed E-state index contributed by atoms with van der Waals surface area (Å²) >= 11 is 1.76. The standard InChI is InChI=1S/C3H10BNS/c1-4-5(2)6-3/h4H,1-3H3. The van der Waals surface area contributed by atoms with Gasteiger partial charge in [-0.3, -0.25) is 4.22 Å². The second-order valence-corrected chi connectivity index (χ2v) is 2.12. The normalized spacial score (nSPS) is 9.33. The van der Waals surface area contributed by atoms with E-state index < -0.39 is 0 Å². The first-order valence-electron chi connectivity index (χ1n) is 2.06. The van der Waals surface area contributed by atoms with E-state index in [2.05, 4.69) is 24.3 Å². The van der Waals surface area contributed by atoms with Crippen LogP contribution in [0.5, 0.6) is 0 Å². The summed E-state index contributed by atoms with van der Waals surface area (Å²) in [6, 6.07) is 0. The van der Waals surface area contributed by atoms with Gasteiger partial charge in [-0.2, -0.15) is 0 Å². The van der Waals surface area contributed by atoms with Crippen LogP contribution in [0.4, 0.5) is 0 Å². The molecule has 0 aromatic carbocycles. The van der Waals surface area contributed by atoms with E-state index >= 15 is 0 Å². The zero-order chi connectivity index (χ0) is 4.99. The monoisotopic (exact) mass is 103 g/mol. The first-order valence-corrected chi connectivity index (χ1v) is 3.24. The molecule has 0 spiro atoms. The molecular weight excluding hydrogens is 92.9 g/mol. The van der Waals surface area contributed by atoms with Crippen molar-refractivity contribution in [2.45, 2.75) is 6.82 Å². The first kappa shape index (κ1) is 6.37. The molecule has 0 N–H and O–H groups in total. The maximum atomic E-state index is 2.17. The van der Waals surface area contributed by atoms with Crippen molar-refractivity contribution in [2.75, 3.05) is 13.3 Å². The van der Waals surface area contributed by atoms with Gasteiger partial charge in [-0.25, -0.2) is 0 Å². The molecule has 0 aliphatic carbocycles. The largest absolute Gasteiger partial charge is 0.297 e. The topological polar surface area (TPSA) is 3.24 Å². The highest BCUT2D eigenvalue weighted by Crippen LogP contribution is 1.94. The van der Waals surface area contributed by atoms with Crippen LogP contribution in [0.3, 0.4) is 0 Å². The lowest BCUT2D eigenvalue weighted by Gasteiger charge is -2.04. The van der Waals surface area contributed by atoms with E-state index in [0.717, 1.165) is 7.41 Å². The molecule has 0 atom stereocenters. The van der Waals surface area contributed by atoms with Gasteiger partial charge in [-0.1, -0.05) is 18.8 Å². The van der Waals surface area contributed by atoms with Crippen molar-refractivity contribution in [1.82, 2.24) is 4.22 Å². The molecule has 0 amide bonds. The molecule has 0 unspecified atom stereocenters. The van der Waals surface area contributed by atoms with Crippen LogP contribution in [-0.4, -0.2) is 24.9 Å². The number of rotatable bonds is 2. The third-order valence-electron chi connectivity index (χ3n) is 0.757. The molecule has 0 aromatic rings. The van der Waals surface area contributed by atoms with Gasteiger partial charge in [0.2, 0.25) is 7.41 Å². The minimum Gasteiger partial charge on any atom is -0.297 e. The molecule has 0 radical (unpaired) electrons. The highest BCUT2D eigenvalue weighted by atomic mass is 32.2. The smallest absolute Gasteiger partial charge is 0.214 e. The van der Waals surface area contributed by atoms with Crippen LogP contribution < -0.4 is 0 Å². The lowest BCUT2D eigenvalue weighted by Crippen LogP contribution is -2.09. The van der Waals surface area contributed by atoms with Crippen LogP contribution in [0, 0.1) is 0 Å². The third kappa shape index (κ3) is 2.60. The van der Waals surface area contributed by atoms with Crippen LogP contribution >= 0.6 is 11.9 Å². The highest BCUT2D eigenvalue weighted by molar-refractivity contribution is 7.97. The fourth-order valence-electron chi connectivity index (χ4n) is 0.129. The molecule has 0 saturated heterocycles. The van der Waals surface area contributed by atoms with Crippen molar-refractivity contribution in [1.29, 1.82) is 0 Å². The minimum atomic E-state index is 1.13. The molecule has 0 aliphatic heterocycles. The lowest BCUT2D eigenvalue weighted by molar-refractivity contribution is 0.903. The molecule has 3 heteroatoms. The van der Waals surface area contributed by atoms with Crippen molar-refractivity contribution in [2.24, 2.45) is 0 Å². The van der Waals surface area contributed by atoms with Crippen LogP contribution in [-0.2, 0) is 0 Å². The summed E-state index contributed by atoms with van der Waals surface area (Å²) in [4.78, 5) is 0. The zero-order valence-electron chi connectivity index (χ0n) is 4.56. The Morgan fingerprint density at radius 3 is 2.17 bits per heavy atom. The molecule has 0 heterocycles. The summed E-state index contributed by atoms with van der Waals surface area (Å²) in [7, 11) is 3.20. The molecule has 6 heavy (non-hydrogen) atoms. The number of hydrogen-bond acceptors (Lipinski definition) is 2. The quantitative estimate of drug-likeness (QED) is 0.371. The maximum absolute atomic E-state index is 2.17. The summed E-state index contributed by atoms with van der Waals surface area (Å²) in [5, 5.41) is 0. The lowest BCUT2D eigenvalue weighted by atomic mass is 10.0. The van der Waals surface area contributed by atoms with Crippen LogP contribution in [0.2, 0.25) is 6.82 Å². The van der Waals surface area contributed by atoms with Crippen molar-refractivity contribution >= 4 is 19.4 Å². The minimum absolute atomic E-state index is 1.13. The van der Waals surface area contributed by atoms with Crippen molar-refractivity contribution in [3.8, 4) is 0 Å². The van der Waals surface area contributed by atoms with E-state index in [1.807, 2.05) is 0 Å². The predicted octanol–water partition coefficient (Wildman–Crippen LogP) is 0.596. The van der Waals surface area contributed by atoms with E-state index in [1.165, 1.54) is 0 Å². The van der Waals surface area contributed by atoms with Crippen LogP contribution in [0.15, 0.2) is 0 Å². The van der Waals surface area contributed by atoms with Crippen molar-refractivity contribution in [3.63, 3.8) is 0 Å². The zero-order valence-corrected chi connectivity index (χ0v) is 5.38. The van der Waals surface area contributed by atoms with Crippen molar-refractivity contribution < 1.29 is 0 Å². The van der Waals surface area contributed by atoms with E-state index in [4.69, 9.17) is 0 Å². The fourth-order valence-corrected chi connectivity index (χ4v) is 0.387. The predicted molar refractivity (Wildman–Crippen MR) is 34.3 cm³/mol. The van der Waals surface area contributed by atoms with E-state index in [1.54, 1.807) is 11.9 Å². The van der Waals surface area contributed by atoms with Gasteiger partial charge in [0, 0.05) is 0 Å². The average molecular weight is 103 g/mol. The Labute approximate surface area is 44.5 Å². The Morgan fingerprint density at radius 2 is 2.17 bits per heavy atom. The average Bonchev–Trinajstić information content (AvgIpc) is 1.65. The number of nitrogens with zero attached hydrogens (tertiary/aromatic N) is 1. The molecule has 1 nitrogen and oxygen atoms in total. The van der Waals surface area contributed by atoms with Gasteiger partial charge in [0.25, 0.3) is 0 Å². The summed E-state index contributed by atoms with van der Waals surface area (Å²) in [5.74, 6) is 0. The summed E-state index contributed by atoms with van der Waals surface area (Å²) in [6.07, 6.45) is 2.07. The summed E-state index contributed by atoms with van der Waals surface area (Å²) < 4.78 is 2.17. The highest BCUT2D eigenvalue weighted by Gasteiger charge is 1.85. The van der Waals surface area contributed by atoms with Gasteiger partial charge >= 0.3 is 0 Å². The van der Waals surface area contributed by atoms with Crippen LogP contribution in [0.1, 0.15) is 0 Å². The molecular formula is C3H10BNS. The molecule has 0 aromatic heterocycles. The fraction of sp³-hybridized carbons (Fsp3) is 1.00. The Bertz CT molecular complexity index is 30.0. The van der Waals surface area contributed by atoms with Gasteiger partial charge in [0.05, 0.1) is 0 Å². The van der Waals surface area contributed by atoms with Gasteiger partial charge in [0.15, 0.2) is 0 Å². The van der Waals surface area contributed by atoms with Crippen molar-refractivity contribution in [3.05, 3.63) is 0 Å². The number of hydrogen-bond donors (Lipinski definition) is 0. The summed E-state index contributed by atoms with van der Waals surface area (Å²) in [5.41, 5.74) is 0. The van der Waals surface area contributed by atoms with Crippen LogP contribution in [0.25, 0.3) is 0 Å². The van der Waals surface area contributed by atoms with Gasteiger partial charge in [0.1, 0.15) is 0 Å². The van der Waals surface area contributed by atoms with Gasteiger partial charge in [-0.15, -0.1) is 0 Å².